The number of nitrogens with one attached hydrogen (secondary N) is 2. The molecule has 1 fully saturated rings. The molecule has 126 valence electrons. The molecule has 23 heavy (non-hydrogen) atoms. The SMILES string of the molecule is CC(C)c1cc(C(=O)NC2(CCC(=O)O)CCOC2)cc(=O)[nH]1. The van der Waals surface area contributed by atoms with Crippen LogP contribution in [0.2, 0.25) is 0 Å². The maximum Gasteiger partial charge on any atom is 0.303 e. The number of rotatable bonds is 6. The number of carboxylic acid groups (broad SMARTS) is 1. The van der Waals surface area contributed by atoms with Crippen LogP contribution in [0, 0.1) is 0 Å². The highest BCUT2D eigenvalue weighted by Crippen LogP contribution is 2.25. The summed E-state index contributed by atoms with van der Waals surface area (Å²) in [5, 5.41) is 11.8. The van der Waals surface area contributed by atoms with Crippen molar-refractivity contribution in [3.63, 3.8) is 0 Å². The average molecular weight is 322 g/mol. The van der Waals surface area contributed by atoms with Crippen LogP contribution in [0.15, 0.2) is 16.9 Å². The number of H-pyrrole nitrogens is 1. The van der Waals surface area contributed by atoms with Gasteiger partial charge in [0.15, 0.2) is 0 Å². The first-order valence-electron chi connectivity index (χ1n) is 7.68. The number of aromatic nitrogens is 1. The topological polar surface area (TPSA) is 108 Å². The fraction of sp³-hybridized carbons (Fsp3) is 0.562. The molecule has 7 nitrogen and oxygen atoms in total. The largest absolute Gasteiger partial charge is 0.481 e. The molecule has 1 aliphatic rings. The van der Waals surface area contributed by atoms with E-state index in [-0.39, 0.29) is 36.0 Å². The zero-order chi connectivity index (χ0) is 17.0. The molecule has 3 N–H and O–H groups in total. The molecular formula is C16H22N2O5. The van der Waals surface area contributed by atoms with E-state index in [1.54, 1.807) is 6.07 Å². The van der Waals surface area contributed by atoms with Crippen LogP contribution in [0.1, 0.15) is 55.1 Å². The van der Waals surface area contributed by atoms with Crippen molar-refractivity contribution in [2.45, 2.75) is 44.6 Å². The van der Waals surface area contributed by atoms with Crippen molar-refractivity contribution in [1.29, 1.82) is 0 Å². The van der Waals surface area contributed by atoms with Gasteiger partial charge in [-0.2, -0.15) is 0 Å². The van der Waals surface area contributed by atoms with Gasteiger partial charge in [0, 0.05) is 30.4 Å². The molecule has 1 amide bonds. The van der Waals surface area contributed by atoms with Gasteiger partial charge in [-0.3, -0.25) is 14.4 Å². The lowest BCUT2D eigenvalue weighted by Crippen LogP contribution is -2.49. The number of pyridine rings is 1. The quantitative estimate of drug-likeness (QED) is 0.730. The number of ether oxygens (including phenoxy) is 1. The lowest BCUT2D eigenvalue weighted by Gasteiger charge is -2.28. The summed E-state index contributed by atoms with van der Waals surface area (Å²) in [5.74, 6) is -1.20. The molecule has 1 saturated heterocycles. The first-order chi connectivity index (χ1) is 10.8. The van der Waals surface area contributed by atoms with Crippen LogP contribution in [0.5, 0.6) is 0 Å². The molecule has 7 heteroatoms. The van der Waals surface area contributed by atoms with Crippen molar-refractivity contribution >= 4 is 11.9 Å². The Morgan fingerprint density at radius 3 is 2.74 bits per heavy atom. The van der Waals surface area contributed by atoms with Crippen LogP contribution < -0.4 is 10.9 Å². The number of carbonyl (C=O) groups excluding carboxylic acids is 1. The molecule has 0 aromatic carbocycles. The number of amides is 1. The van der Waals surface area contributed by atoms with Crippen LogP contribution in [-0.2, 0) is 9.53 Å². The number of aliphatic carboxylic acids is 1. The van der Waals surface area contributed by atoms with Gasteiger partial charge in [0.1, 0.15) is 0 Å². The van der Waals surface area contributed by atoms with Crippen LogP contribution in [0.3, 0.4) is 0 Å². The second-order valence-corrected chi connectivity index (χ2v) is 6.27. The minimum Gasteiger partial charge on any atom is -0.481 e. The standard InChI is InChI=1S/C16H22N2O5/c1-10(2)12-7-11(8-13(19)17-12)15(22)18-16(4-3-14(20)21)5-6-23-9-16/h7-8,10H,3-6,9H2,1-2H3,(H,17,19)(H,18,22)(H,20,21). The van der Waals surface area contributed by atoms with Gasteiger partial charge in [0.2, 0.25) is 5.56 Å². The third kappa shape index (κ3) is 4.41. The fourth-order valence-corrected chi connectivity index (χ4v) is 2.63. The van der Waals surface area contributed by atoms with Gasteiger partial charge >= 0.3 is 5.97 Å². The van der Waals surface area contributed by atoms with Crippen molar-refractivity contribution < 1.29 is 19.4 Å². The Balaban J connectivity index is 2.19. The molecule has 1 aliphatic heterocycles. The third-order valence-electron chi connectivity index (χ3n) is 4.05. The van der Waals surface area contributed by atoms with E-state index in [0.717, 1.165) is 0 Å². The molecule has 2 rings (SSSR count). The number of hydrogen-bond acceptors (Lipinski definition) is 4. The van der Waals surface area contributed by atoms with Crippen LogP contribution in [0.25, 0.3) is 0 Å². The van der Waals surface area contributed by atoms with Crippen LogP contribution >= 0.6 is 0 Å². The third-order valence-corrected chi connectivity index (χ3v) is 4.05. The summed E-state index contributed by atoms with van der Waals surface area (Å²) < 4.78 is 5.34. The minimum absolute atomic E-state index is 0.0454. The predicted molar refractivity (Wildman–Crippen MR) is 83.7 cm³/mol. The van der Waals surface area contributed by atoms with Crippen molar-refractivity contribution in [2.24, 2.45) is 0 Å². The van der Waals surface area contributed by atoms with E-state index in [4.69, 9.17) is 9.84 Å². The zero-order valence-electron chi connectivity index (χ0n) is 13.3. The fourth-order valence-electron chi connectivity index (χ4n) is 2.63. The monoisotopic (exact) mass is 322 g/mol. The predicted octanol–water partition coefficient (Wildman–Crippen LogP) is 1.25. The highest BCUT2D eigenvalue weighted by molar-refractivity contribution is 5.94. The Bertz CT molecular complexity index is 644. The molecule has 1 atom stereocenters. The van der Waals surface area contributed by atoms with E-state index in [1.807, 2.05) is 13.8 Å². The van der Waals surface area contributed by atoms with Gasteiger partial charge in [-0.1, -0.05) is 13.8 Å². The van der Waals surface area contributed by atoms with Crippen LogP contribution in [0.4, 0.5) is 0 Å². The second kappa shape index (κ2) is 6.95. The Morgan fingerprint density at radius 1 is 1.43 bits per heavy atom. The number of carboxylic acids is 1. The summed E-state index contributed by atoms with van der Waals surface area (Å²) in [4.78, 5) is 37.8. The van der Waals surface area contributed by atoms with Crippen molar-refractivity contribution in [2.75, 3.05) is 13.2 Å². The summed E-state index contributed by atoms with van der Waals surface area (Å²) in [6.07, 6.45) is 0.816. The van der Waals surface area contributed by atoms with Gasteiger partial charge in [-0.05, 0) is 24.8 Å². The molecule has 0 saturated carbocycles. The Hall–Kier alpha value is -2.15. The maximum absolute atomic E-state index is 12.5. The molecule has 1 aromatic heterocycles. The van der Waals surface area contributed by atoms with E-state index in [2.05, 4.69) is 10.3 Å². The zero-order valence-corrected chi connectivity index (χ0v) is 13.3. The molecule has 0 radical (unpaired) electrons. The van der Waals surface area contributed by atoms with Crippen molar-refractivity contribution in [3.8, 4) is 0 Å². The van der Waals surface area contributed by atoms with Crippen molar-refractivity contribution in [1.82, 2.24) is 10.3 Å². The summed E-state index contributed by atoms with van der Waals surface area (Å²) in [6.45, 7) is 4.61. The Morgan fingerprint density at radius 2 is 2.17 bits per heavy atom. The van der Waals surface area contributed by atoms with Gasteiger partial charge in [0.05, 0.1) is 12.1 Å². The highest BCUT2D eigenvalue weighted by atomic mass is 16.5. The molecule has 1 aromatic rings. The van der Waals surface area contributed by atoms with Crippen LogP contribution in [-0.4, -0.2) is 40.7 Å². The second-order valence-electron chi connectivity index (χ2n) is 6.27. The molecule has 0 aliphatic carbocycles. The lowest BCUT2D eigenvalue weighted by molar-refractivity contribution is -0.137. The Labute approximate surface area is 134 Å². The molecular weight excluding hydrogens is 300 g/mol. The molecule has 2 heterocycles. The number of hydrogen-bond donors (Lipinski definition) is 3. The molecule has 0 spiro atoms. The summed E-state index contributed by atoms with van der Waals surface area (Å²) >= 11 is 0. The van der Waals surface area contributed by atoms with Crippen molar-refractivity contribution in [3.05, 3.63) is 33.7 Å². The summed E-state index contributed by atoms with van der Waals surface area (Å²) in [6, 6.07) is 2.91. The summed E-state index contributed by atoms with van der Waals surface area (Å²) in [7, 11) is 0. The number of carbonyl (C=O) groups is 2. The Kier molecular flexibility index (Phi) is 5.20. The van der Waals surface area contributed by atoms with E-state index in [0.29, 0.717) is 25.1 Å². The van der Waals surface area contributed by atoms with Gasteiger partial charge in [0.25, 0.3) is 5.91 Å². The van der Waals surface area contributed by atoms with Gasteiger partial charge in [-0.15, -0.1) is 0 Å². The molecule has 0 bridgehead atoms. The smallest absolute Gasteiger partial charge is 0.303 e. The normalized spacial score (nSPS) is 20.7. The average Bonchev–Trinajstić information content (AvgIpc) is 2.93. The summed E-state index contributed by atoms with van der Waals surface area (Å²) in [5.41, 5.74) is -0.0524. The highest BCUT2D eigenvalue weighted by Gasteiger charge is 2.37. The maximum atomic E-state index is 12.5. The number of aromatic amines is 1. The first-order valence-corrected chi connectivity index (χ1v) is 7.68. The van der Waals surface area contributed by atoms with Gasteiger partial charge in [-0.25, -0.2) is 0 Å². The van der Waals surface area contributed by atoms with E-state index in [1.165, 1.54) is 6.07 Å². The van der Waals surface area contributed by atoms with Gasteiger partial charge < -0.3 is 20.1 Å². The van der Waals surface area contributed by atoms with E-state index < -0.39 is 11.5 Å². The molecule has 1 unspecified atom stereocenters. The van der Waals surface area contributed by atoms with E-state index >= 15 is 0 Å². The van der Waals surface area contributed by atoms with E-state index in [9.17, 15) is 14.4 Å². The lowest BCUT2D eigenvalue weighted by atomic mass is 9.92. The minimum atomic E-state index is -0.913. The first kappa shape index (κ1) is 17.2.